The van der Waals surface area contributed by atoms with Crippen molar-refractivity contribution in [3.05, 3.63) is 28.9 Å². The summed E-state index contributed by atoms with van der Waals surface area (Å²) in [6, 6.07) is 1.34. The summed E-state index contributed by atoms with van der Waals surface area (Å²) in [5.41, 5.74) is 5.64. The van der Waals surface area contributed by atoms with E-state index in [0.29, 0.717) is 24.3 Å². The van der Waals surface area contributed by atoms with Gasteiger partial charge >= 0.3 is 12.1 Å². The lowest BCUT2D eigenvalue weighted by Gasteiger charge is -2.40. The van der Waals surface area contributed by atoms with Gasteiger partial charge in [0.1, 0.15) is 6.04 Å². The number of nitrogens with zero attached hydrogens (tertiary/aromatic N) is 3. The molecule has 2 fully saturated rings. The van der Waals surface area contributed by atoms with Crippen molar-refractivity contribution >= 4 is 39.6 Å². The van der Waals surface area contributed by atoms with Crippen LogP contribution in [0.3, 0.4) is 0 Å². The van der Waals surface area contributed by atoms with Gasteiger partial charge in [-0.05, 0) is 51.4 Å². The van der Waals surface area contributed by atoms with Crippen molar-refractivity contribution in [2.24, 2.45) is 17.1 Å². The van der Waals surface area contributed by atoms with E-state index >= 15 is 0 Å². The topological polar surface area (TPSA) is 138 Å². The van der Waals surface area contributed by atoms with Crippen LogP contribution in [0, 0.1) is 34.5 Å². The highest BCUT2D eigenvalue weighted by atomic mass is 32.1. The van der Waals surface area contributed by atoms with Crippen LogP contribution in [0.15, 0.2) is 17.8 Å². The second kappa shape index (κ2) is 15.4. The quantitative estimate of drug-likeness (QED) is 0.315. The zero-order valence-electron chi connectivity index (χ0n) is 25.9. The molecular weight excluding hydrogens is 595 g/mol. The van der Waals surface area contributed by atoms with Crippen molar-refractivity contribution in [2.75, 3.05) is 13.1 Å². The van der Waals surface area contributed by atoms with Crippen LogP contribution in [0.2, 0.25) is 0 Å². The number of fused-ring (bicyclic) bond motifs is 1. The number of ether oxygens (including phenoxy) is 1. The SMILES string of the molecule is CC#Cc1csc2cncc(C(C#N)NC=O)c12.CC1CN(C(=O)C[C@@H](C)OC2(C)CCC2)CC1(C)C.NC(=O)C(F)(F)F. The molecule has 9 nitrogen and oxygen atoms in total. The van der Waals surface area contributed by atoms with Gasteiger partial charge in [-0.3, -0.25) is 19.4 Å². The number of carbonyl (C=O) groups is 3. The average Bonchev–Trinajstić information content (AvgIpc) is 3.46. The number of rotatable bonds is 7. The molecule has 1 aliphatic heterocycles. The number of alkyl halides is 3. The van der Waals surface area contributed by atoms with E-state index in [1.807, 2.05) is 23.3 Å². The van der Waals surface area contributed by atoms with Gasteiger partial charge in [0, 0.05) is 47.4 Å². The minimum atomic E-state index is -4.86. The van der Waals surface area contributed by atoms with Gasteiger partial charge in [0.15, 0.2) is 0 Å². The molecule has 0 spiro atoms. The maximum Gasteiger partial charge on any atom is 0.470 e. The molecule has 2 aliphatic rings. The first-order chi connectivity index (χ1) is 20.5. The van der Waals surface area contributed by atoms with Crippen LogP contribution in [-0.4, -0.2) is 59.1 Å². The zero-order chi connectivity index (χ0) is 33.3. The Morgan fingerprint density at radius 2 is 1.95 bits per heavy atom. The van der Waals surface area contributed by atoms with E-state index in [1.54, 1.807) is 19.3 Å². The van der Waals surface area contributed by atoms with Gasteiger partial charge in [-0.15, -0.1) is 17.3 Å². The first kappa shape index (κ1) is 36.5. The van der Waals surface area contributed by atoms with E-state index in [2.05, 4.69) is 55.6 Å². The number of aromatic nitrogens is 1. The highest BCUT2D eigenvalue weighted by molar-refractivity contribution is 7.17. The summed E-state index contributed by atoms with van der Waals surface area (Å²) in [6.07, 6.45) is 3.09. The first-order valence-electron chi connectivity index (χ1n) is 14.2. The fourth-order valence-electron chi connectivity index (χ4n) is 4.90. The molecule has 1 saturated heterocycles. The van der Waals surface area contributed by atoms with Crippen molar-refractivity contribution < 1.29 is 32.3 Å². The highest BCUT2D eigenvalue weighted by Gasteiger charge is 2.40. The van der Waals surface area contributed by atoms with E-state index in [4.69, 9.17) is 14.8 Å². The van der Waals surface area contributed by atoms with Gasteiger partial charge in [0.05, 0.1) is 28.9 Å². The Bertz CT molecular complexity index is 1420. The molecule has 2 unspecified atom stereocenters. The molecule has 1 aliphatic carbocycles. The molecule has 44 heavy (non-hydrogen) atoms. The number of thiophene rings is 1. The van der Waals surface area contributed by atoms with Gasteiger partial charge in [-0.1, -0.05) is 26.7 Å². The minimum Gasteiger partial charge on any atom is -0.372 e. The molecule has 3 N–H and O–H groups in total. The summed E-state index contributed by atoms with van der Waals surface area (Å²) in [7, 11) is 0. The standard InChI is InChI=1S/C16H29NO2.C13H9N3OS.C2H2F3NO/c1-12-10-17(11-15(12,3)4)14(18)9-13(2)19-16(5)7-6-8-16;1-2-3-9-7-18-12-6-15-5-10(13(9)12)11(4-14)16-8-17;3-2(4,5)1(6)7/h12-13H,6-11H2,1-5H3;5-8,11H,1H3,(H,16,17);(H2,6,7)/t12?,13-;;/m1../s1. The van der Waals surface area contributed by atoms with Crippen molar-refractivity contribution in [2.45, 2.75) is 91.1 Å². The monoisotopic (exact) mass is 635 g/mol. The Kier molecular flexibility index (Phi) is 12.7. The number of hydrogen-bond donors (Lipinski definition) is 2. The van der Waals surface area contributed by atoms with Crippen molar-refractivity contribution in [3.63, 3.8) is 0 Å². The van der Waals surface area contributed by atoms with E-state index in [0.717, 1.165) is 41.6 Å². The number of primary amides is 1. The van der Waals surface area contributed by atoms with Crippen molar-refractivity contribution in [1.82, 2.24) is 15.2 Å². The smallest absolute Gasteiger partial charge is 0.372 e. The van der Waals surface area contributed by atoms with Crippen LogP contribution in [0.25, 0.3) is 10.1 Å². The molecule has 2 aromatic heterocycles. The molecule has 13 heteroatoms. The fourth-order valence-corrected chi connectivity index (χ4v) is 5.79. The Hall–Kier alpha value is -3.68. The second-order valence-corrected chi connectivity index (χ2v) is 12.8. The van der Waals surface area contributed by atoms with Crippen LogP contribution in [0.5, 0.6) is 0 Å². The maximum atomic E-state index is 12.3. The van der Waals surface area contributed by atoms with Gasteiger partial charge in [0.2, 0.25) is 12.3 Å². The van der Waals surface area contributed by atoms with Crippen LogP contribution in [0.4, 0.5) is 13.2 Å². The highest BCUT2D eigenvalue weighted by Crippen LogP contribution is 2.37. The van der Waals surface area contributed by atoms with E-state index in [1.165, 1.54) is 17.8 Å². The number of hydrogen-bond acceptors (Lipinski definition) is 7. The molecule has 2 aromatic rings. The largest absolute Gasteiger partial charge is 0.470 e. The third kappa shape index (κ3) is 9.93. The van der Waals surface area contributed by atoms with E-state index in [-0.39, 0.29) is 23.0 Å². The summed E-state index contributed by atoms with van der Waals surface area (Å²) in [6.45, 7) is 14.5. The number of halogens is 3. The molecule has 0 bridgehead atoms. The molecule has 0 aromatic carbocycles. The van der Waals surface area contributed by atoms with Crippen molar-refractivity contribution in [1.29, 1.82) is 5.26 Å². The Morgan fingerprint density at radius 1 is 1.32 bits per heavy atom. The van der Waals surface area contributed by atoms with Gasteiger partial charge in [0.25, 0.3) is 0 Å². The third-order valence-corrected chi connectivity index (χ3v) is 8.78. The number of likely N-dealkylation sites (tertiary alicyclic amines) is 1. The maximum absolute atomic E-state index is 12.3. The Balaban J connectivity index is 0.000000254. The lowest BCUT2D eigenvalue weighted by molar-refractivity contribution is -0.169. The minimum absolute atomic E-state index is 0.0387. The lowest BCUT2D eigenvalue weighted by atomic mass is 9.81. The third-order valence-electron chi connectivity index (χ3n) is 7.87. The summed E-state index contributed by atoms with van der Waals surface area (Å²) in [4.78, 5) is 38.1. The second-order valence-electron chi connectivity index (χ2n) is 11.9. The lowest BCUT2D eigenvalue weighted by Crippen LogP contribution is -2.41. The molecule has 1 saturated carbocycles. The molecule has 3 amide bonds. The van der Waals surface area contributed by atoms with Crippen LogP contribution < -0.4 is 11.1 Å². The first-order valence-corrected chi connectivity index (χ1v) is 15.0. The molecular formula is C31H40F3N5O4S. The Labute approximate surface area is 260 Å². The predicted molar refractivity (Wildman–Crippen MR) is 162 cm³/mol. The van der Waals surface area contributed by atoms with Gasteiger partial charge in [-0.2, -0.15) is 18.4 Å². The number of pyridine rings is 1. The number of nitrogens with two attached hydrogens (primary N) is 1. The van der Waals surface area contributed by atoms with Crippen LogP contribution in [0.1, 0.15) is 84.4 Å². The number of carbonyl (C=O) groups excluding carboxylic acids is 3. The molecule has 4 rings (SSSR count). The summed E-state index contributed by atoms with van der Waals surface area (Å²) < 4.78 is 39.1. The zero-order valence-corrected chi connectivity index (χ0v) is 26.7. The summed E-state index contributed by atoms with van der Waals surface area (Å²) >= 11 is 1.52. The molecule has 3 atom stereocenters. The fraction of sp³-hybridized carbons (Fsp3) is 0.581. The van der Waals surface area contributed by atoms with Crippen molar-refractivity contribution in [3.8, 4) is 17.9 Å². The van der Waals surface area contributed by atoms with Crippen LogP contribution >= 0.6 is 11.3 Å². The summed E-state index contributed by atoms with van der Waals surface area (Å²) in [5.74, 6) is 4.42. The normalized spacial score (nSPS) is 19.3. The van der Waals surface area contributed by atoms with E-state index in [9.17, 15) is 22.8 Å². The van der Waals surface area contributed by atoms with E-state index < -0.39 is 18.1 Å². The molecule has 240 valence electrons. The average molecular weight is 636 g/mol. The number of nitrogens with one attached hydrogen (secondary N) is 1. The van der Waals surface area contributed by atoms with Gasteiger partial charge < -0.3 is 20.7 Å². The summed E-state index contributed by atoms with van der Waals surface area (Å²) in [5, 5.41) is 14.4. The predicted octanol–water partition coefficient (Wildman–Crippen LogP) is 5.24. The number of nitriles is 1. The van der Waals surface area contributed by atoms with Crippen LogP contribution in [-0.2, 0) is 19.1 Å². The molecule has 0 radical (unpaired) electrons. The molecule has 3 heterocycles. The number of amides is 3. The van der Waals surface area contributed by atoms with Gasteiger partial charge in [-0.25, -0.2) is 0 Å². The Morgan fingerprint density at radius 3 is 2.41 bits per heavy atom.